The first-order valence-corrected chi connectivity index (χ1v) is 5.53. The van der Waals surface area contributed by atoms with Crippen LogP contribution in [0.4, 0.5) is 5.82 Å². The highest BCUT2D eigenvalue weighted by atomic mass is 32.1. The molecule has 1 aliphatic heterocycles. The molecule has 0 spiro atoms. The lowest BCUT2D eigenvalue weighted by Crippen LogP contribution is -2.33. The van der Waals surface area contributed by atoms with Crippen molar-refractivity contribution < 1.29 is 14.9 Å². The molecule has 0 aliphatic carbocycles. The third-order valence-corrected chi connectivity index (χ3v) is 3.20. The molecule has 1 aliphatic rings. The maximum atomic E-state index is 11.6. The van der Waals surface area contributed by atoms with Crippen molar-refractivity contribution in [1.82, 2.24) is 9.55 Å². The third-order valence-electron chi connectivity index (χ3n) is 2.64. The molecule has 1 saturated heterocycles. The molecule has 4 atom stereocenters. The third kappa shape index (κ3) is 2.16. The smallest absolute Gasteiger partial charge is 0.351 e. The van der Waals surface area contributed by atoms with Gasteiger partial charge in [-0.05, 0) is 6.07 Å². The van der Waals surface area contributed by atoms with E-state index in [9.17, 15) is 9.90 Å². The van der Waals surface area contributed by atoms with E-state index in [1.54, 1.807) is 0 Å². The highest BCUT2D eigenvalue weighted by molar-refractivity contribution is 7.81. The fraction of sp³-hybridized carbons (Fsp3) is 0.556. The Bertz CT molecular complexity index is 466. The molecule has 17 heavy (non-hydrogen) atoms. The predicted molar refractivity (Wildman–Crippen MR) is 62.7 cm³/mol. The molecule has 0 bridgehead atoms. The van der Waals surface area contributed by atoms with Crippen LogP contribution in [-0.2, 0) is 4.74 Å². The van der Waals surface area contributed by atoms with Crippen LogP contribution < -0.4 is 11.4 Å². The van der Waals surface area contributed by atoms with Crippen molar-refractivity contribution in [2.75, 3.05) is 12.3 Å². The summed E-state index contributed by atoms with van der Waals surface area (Å²) < 4.78 is 6.54. The summed E-state index contributed by atoms with van der Waals surface area (Å²) in [6, 6.07) is 1.45. The van der Waals surface area contributed by atoms with E-state index < -0.39 is 29.4 Å². The molecule has 2 rings (SSSR count). The minimum absolute atomic E-state index is 0.110. The number of ether oxygens (including phenoxy) is 1. The molecule has 8 heteroatoms. The highest BCUT2D eigenvalue weighted by Gasteiger charge is 2.42. The Labute approximate surface area is 102 Å². The summed E-state index contributed by atoms with van der Waals surface area (Å²) in [7, 11) is 0. The Morgan fingerprint density at radius 2 is 2.35 bits per heavy atom. The van der Waals surface area contributed by atoms with E-state index in [0.29, 0.717) is 0 Å². The number of aromatic nitrogens is 2. The Hall–Kier alpha value is -1.09. The van der Waals surface area contributed by atoms with E-state index in [1.807, 2.05) is 0 Å². The van der Waals surface area contributed by atoms with Crippen LogP contribution in [0.3, 0.4) is 0 Å². The van der Waals surface area contributed by atoms with E-state index in [1.165, 1.54) is 16.8 Å². The largest absolute Gasteiger partial charge is 0.394 e. The summed E-state index contributed by atoms with van der Waals surface area (Å²) in [6.07, 6.45) is -1.05. The number of aliphatic hydroxyl groups excluding tert-OH is 2. The molecule has 2 heterocycles. The minimum Gasteiger partial charge on any atom is -0.394 e. The van der Waals surface area contributed by atoms with Crippen molar-refractivity contribution >= 4 is 18.4 Å². The van der Waals surface area contributed by atoms with Gasteiger partial charge in [-0.25, -0.2) is 4.79 Å². The van der Waals surface area contributed by atoms with Gasteiger partial charge in [0.15, 0.2) is 6.23 Å². The van der Waals surface area contributed by atoms with Gasteiger partial charge >= 0.3 is 5.69 Å². The number of hydrogen-bond donors (Lipinski definition) is 4. The number of nitrogens with two attached hydrogens (primary N) is 1. The molecule has 94 valence electrons. The van der Waals surface area contributed by atoms with Crippen molar-refractivity contribution in [2.24, 2.45) is 0 Å². The van der Waals surface area contributed by atoms with Crippen LogP contribution in [0.1, 0.15) is 6.23 Å². The average molecular weight is 259 g/mol. The summed E-state index contributed by atoms with van der Waals surface area (Å²) in [5.41, 5.74) is 4.78. The second-order valence-electron chi connectivity index (χ2n) is 3.77. The standard InChI is InChI=1S/C9H13N3O4S/c10-5-1-2-12(9(15)11-5)8-7(17)6(14)4(3-13)16-8/h1-2,4,6-8,13-14,17H,3H2,(H2,10,11,15)/t4-,6?,7+,8-/m1/s1. The number of aliphatic hydroxyl groups is 2. The van der Waals surface area contributed by atoms with Gasteiger partial charge in [0.2, 0.25) is 0 Å². The zero-order valence-corrected chi connectivity index (χ0v) is 9.70. The fourth-order valence-corrected chi connectivity index (χ4v) is 2.14. The molecule has 0 radical (unpaired) electrons. The Balaban J connectivity index is 2.32. The van der Waals surface area contributed by atoms with Crippen LogP contribution in [0.5, 0.6) is 0 Å². The predicted octanol–water partition coefficient (Wildman–Crippen LogP) is -1.63. The second-order valence-corrected chi connectivity index (χ2v) is 4.37. The monoisotopic (exact) mass is 259 g/mol. The normalized spacial score (nSPS) is 32.9. The zero-order chi connectivity index (χ0) is 12.6. The van der Waals surface area contributed by atoms with Gasteiger partial charge in [0, 0.05) is 6.20 Å². The fourth-order valence-electron chi connectivity index (χ4n) is 1.73. The van der Waals surface area contributed by atoms with Crippen molar-refractivity contribution in [3.05, 3.63) is 22.7 Å². The van der Waals surface area contributed by atoms with E-state index in [0.717, 1.165) is 0 Å². The molecule has 1 aromatic heterocycles. The number of anilines is 1. The summed E-state index contributed by atoms with van der Waals surface area (Å²) >= 11 is 4.18. The van der Waals surface area contributed by atoms with E-state index in [2.05, 4.69) is 17.6 Å². The Morgan fingerprint density at radius 1 is 1.65 bits per heavy atom. The minimum atomic E-state index is -0.946. The SMILES string of the molecule is Nc1ccn([C@@H]2O[C@H](CO)C(O)[C@@H]2S)c(=O)n1. The molecular weight excluding hydrogens is 246 g/mol. The molecule has 0 aromatic carbocycles. The molecule has 0 saturated carbocycles. The van der Waals surface area contributed by atoms with Crippen molar-refractivity contribution in [2.45, 2.75) is 23.7 Å². The van der Waals surface area contributed by atoms with Gasteiger partial charge in [-0.2, -0.15) is 17.6 Å². The molecule has 1 fully saturated rings. The van der Waals surface area contributed by atoms with Gasteiger partial charge in [-0.3, -0.25) is 4.57 Å². The van der Waals surface area contributed by atoms with E-state index in [4.69, 9.17) is 15.6 Å². The first kappa shape index (κ1) is 12.4. The lowest BCUT2D eigenvalue weighted by molar-refractivity contribution is -0.0456. The topological polar surface area (TPSA) is 111 Å². The molecule has 4 N–H and O–H groups in total. The zero-order valence-electron chi connectivity index (χ0n) is 8.80. The first-order valence-electron chi connectivity index (χ1n) is 5.01. The Kier molecular flexibility index (Phi) is 3.38. The number of hydrogen-bond acceptors (Lipinski definition) is 7. The quantitative estimate of drug-likeness (QED) is 0.475. The van der Waals surface area contributed by atoms with Crippen LogP contribution >= 0.6 is 12.6 Å². The molecule has 1 unspecified atom stereocenters. The van der Waals surface area contributed by atoms with Crippen LogP contribution in [0.25, 0.3) is 0 Å². The molecule has 1 aromatic rings. The van der Waals surface area contributed by atoms with Crippen LogP contribution in [0.2, 0.25) is 0 Å². The van der Waals surface area contributed by atoms with Gasteiger partial charge in [-0.15, -0.1) is 0 Å². The summed E-state index contributed by atoms with van der Waals surface area (Å²) in [4.78, 5) is 15.1. The summed E-state index contributed by atoms with van der Waals surface area (Å²) in [5, 5.41) is 18.1. The van der Waals surface area contributed by atoms with Crippen molar-refractivity contribution in [3.8, 4) is 0 Å². The number of thiol groups is 1. The highest BCUT2D eigenvalue weighted by Crippen LogP contribution is 2.31. The van der Waals surface area contributed by atoms with Gasteiger partial charge in [0.05, 0.1) is 18.0 Å². The van der Waals surface area contributed by atoms with Crippen LogP contribution in [0.15, 0.2) is 17.1 Å². The Morgan fingerprint density at radius 3 is 2.88 bits per heavy atom. The number of nitrogen functional groups attached to an aromatic ring is 1. The lowest BCUT2D eigenvalue weighted by atomic mass is 10.2. The maximum absolute atomic E-state index is 11.6. The van der Waals surface area contributed by atoms with Gasteiger partial charge in [0.25, 0.3) is 0 Å². The molecular formula is C9H13N3O4S. The number of nitrogens with zero attached hydrogens (tertiary/aromatic N) is 2. The second kappa shape index (κ2) is 4.65. The van der Waals surface area contributed by atoms with E-state index in [-0.39, 0.29) is 12.4 Å². The summed E-state index contributed by atoms with van der Waals surface area (Å²) in [6.45, 7) is -0.341. The summed E-state index contributed by atoms with van der Waals surface area (Å²) in [5.74, 6) is 0.110. The maximum Gasteiger partial charge on any atom is 0.351 e. The number of rotatable bonds is 2. The average Bonchev–Trinajstić information content (AvgIpc) is 2.57. The van der Waals surface area contributed by atoms with Crippen LogP contribution in [-0.4, -0.2) is 43.8 Å². The molecule has 7 nitrogen and oxygen atoms in total. The first-order chi connectivity index (χ1) is 8.04. The van der Waals surface area contributed by atoms with Crippen molar-refractivity contribution in [1.29, 1.82) is 0 Å². The van der Waals surface area contributed by atoms with Crippen molar-refractivity contribution in [3.63, 3.8) is 0 Å². The molecule has 0 amide bonds. The lowest BCUT2D eigenvalue weighted by Gasteiger charge is -2.17. The van der Waals surface area contributed by atoms with Crippen LogP contribution in [0, 0.1) is 0 Å². The van der Waals surface area contributed by atoms with Gasteiger partial charge in [-0.1, -0.05) is 0 Å². The van der Waals surface area contributed by atoms with E-state index >= 15 is 0 Å². The van der Waals surface area contributed by atoms with Gasteiger partial charge in [0.1, 0.15) is 11.9 Å². The van der Waals surface area contributed by atoms with Gasteiger partial charge < -0.3 is 20.7 Å².